The van der Waals surface area contributed by atoms with Gasteiger partial charge in [-0.25, -0.2) is 14.4 Å². The fourth-order valence-electron chi connectivity index (χ4n) is 4.57. The van der Waals surface area contributed by atoms with E-state index in [-0.39, 0.29) is 23.2 Å². The van der Waals surface area contributed by atoms with Crippen LogP contribution in [0.25, 0.3) is 16.6 Å². The van der Waals surface area contributed by atoms with Gasteiger partial charge in [-0.1, -0.05) is 6.92 Å². The number of halogens is 1. The summed E-state index contributed by atoms with van der Waals surface area (Å²) < 4.78 is 23.0. The molecular weight excluding hydrogens is 423 g/mol. The van der Waals surface area contributed by atoms with Crippen LogP contribution in [-0.2, 0) is 5.54 Å². The van der Waals surface area contributed by atoms with Crippen molar-refractivity contribution < 1.29 is 9.13 Å². The first kappa shape index (κ1) is 21.4. The molecule has 1 aromatic carbocycles. The molecule has 0 radical (unpaired) electrons. The predicted molar refractivity (Wildman–Crippen MR) is 125 cm³/mol. The van der Waals surface area contributed by atoms with E-state index in [0.29, 0.717) is 28.3 Å². The largest absolute Gasteiger partial charge is 0.494 e. The lowest BCUT2D eigenvalue weighted by atomic mass is 9.90. The molecule has 4 heterocycles. The smallest absolute Gasteiger partial charge is 0.223 e. The molecule has 0 amide bonds. The summed E-state index contributed by atoms with van der Waals surface area (Å²) >= 11 is 0. The summed E-state index contributed by atoms with van der Waals surface area (Å²) in [5.41, 5.74) is 8.21. The lowest BCUT2D eigenvalue weighted by molar-refractivity contribution is 0.355. The van der Waals surface area contributed by atoms with E-state index in [2.05, 4.69) is 54.0 Å². The van der Waals surface area contributed by atoms with Crippen molar-refractivity contribution in [3.05, 3.63) is 36.2 Å². The lowest BCUT2D eigenvalue weighted by Gasteiger charge is -2.36. The van der Waals surface area contributed by atoms with Crippen molar-refractivity contribution in [3.63, 3.8) is 0 Å². The second-order valence-corrected chi connectivity index (χ2v) is 9.94. The number of piperidine rings is 1. The van der Waals surface area contributed by atoms with E-state index in [0.717, 1.165) is 25.2 Å². The molecule has 2 N–H and O–H groups in total. The van der Waals surface area contributed by atoms with Gasteiger partial charge < -0.3 is 15.4 Å². The molecule has 33 heavy (non-hydrogen) atoms. The monoisotopic (exact) mass is 452 g/mol. The Morgan fingerprint density at radius 2 is 1.97 bits per heavy atom. The number of fused-ring (bicyclic) bond motifs is 3. The van der Waals surface area contributed by atoms with Crippen molar-refractivity contribution >= 4 is 28.2 Å². The van der Waals surface area contributed by atoms with Gasteiger partial charge in [0.05, 0.1) is 30.0 Å². The fraction of sp³-hybridized carbons (Fsp3) is 0.478. The van der Waals surface area contributed by atoms with Gasteiger partial charge in [-0.2, -0.15) is 9.61 Å². The Hall–Kier alpha value is -3.43. The van der Waals surface area contributed by atoms with Crippen LogP contribution in [0.5, 0.6) is 5.75 Å². The Bertz CT molecular complexity index is 1340. The van der Waals surface area contributed by atoms with Crippen molar-refractivity contribution in [1.82, 2.24) is 29.4 Å². The molecule has 0 unspecified atom stereocenters. The molecule has 0 bridgehead atoms. The minimum Gasteiger partial charge on any atom is -0.494 e. The maximum absolute atomic E-state index is 14.4. The zero-order chi connectivity index (χ0) is 23.5. The third kappa shape index (κ3) is 3.73. The van der Waals surface area contributed by atoms with Crippen LogP contribution in [0, 0.1) is 11.7 Å². The molecule has 1 aliphatic heterocycles. The predicted octanol–water partition coefficient (Wildman–Crippen LogP) is 3.59. The molecule has 1 aliphatic rings. The first-order valence-electron chi connectivity index (χ1n) is 11.1. The molecule has 9 nitrogen and oxygen atoms in total. The van der Waals surface area contributed by atoms with Gasteiger partial charge >= 0.3 is 0 Å². The minimum atomic E-state index is -0.476. The quantitative estimate of drug-likeness (QED) is 0.507. The Morgan fingerprint density at radius 3 is 2.67 bits per heavy atom. The van der Waals surface area contributed by atoms with E-state index in [4.69, 9.17) is 15.5 Å². The molecular formula is C23H29FN8O. The summed E-state index contributed by atoms with van der Waals surface area (Å²) in [6, 6.07) is 2.91. The van der Waals surface area contributed by atoms with Crippen molar-refractivity contribution in [2.75, 3.05) is 30.8 Å². The molecule has 3 aromatic heterocycles. The van der Waals surface area contributed by atoms with Gasteiger partial charge in [0.25, 0.3) is 0 Å². The Labute approximate surface area is 191 Å². The average Bonchev–Trinajstić information content (AvgIpc) is 3.42. The molecule has 5 rings (SSSR count). The van der Waals surface area contributed by atoms with Crippen LogP contribution in [0.1, 0.15) is 45.9 Å². The number of nitrogens with two attached hydrogens (primary N) is 1. The highest BCUT2D eigenvalue weighted by atomic mass is 19.1. The number of anilines is 2. The molecule has 0 aliphatic carbocycles. The highest BCUT2D eigenvalue weighted by Crippen LogP contribution is 2.33. The van der Waals surface area contributed by atoms with Crippen LogP contribution in [0.15, 0.2) is 24.5 Å². The highest BCUT2D eigenvalue weighted by molar-refractivity contribution is 5.93. The summed E-state index contributed by atoms with van der Waals surface area (Å²) in [4.78, 5) is 11.5. The summed E-state index contributed by atoms with van der Waals surface area (Å²) in [6.45, 7) is 10.3. The van der Waals surface area contributed by atoms with E-state index in [1.54, 1.807) is 0 Å². The number of ether oxygens (including phenoxy) is 1. The first-order valence-corrected chi connectivity index (χ1v) is 11.1. The lowest BCUT2D eigenvalue weighted by Crippen LogP contribution is -2.39. The van der Waals surface area contributed by atoms with Crippen molar-refractivity contribution in [1.29, 1.82) is 0 Å². The second-order valence-electron chi connectivity index (χ2n) is 9.94. The van der Waals surface area contributed by atoms with Gasteiger partial charge in [0, 0.05) is 36.7 Å². The Morgan fingerprint density at radius 1 is 1.18 bits per heavy atom. The van der Waals surface area contributed by atoms with E-state index < -0.39 is 5.82 Å². The molecule has 1 saturated heterocycles. The number of hydrogen-bond acceptors (Lipinski definition) is 7. The van der Waals surface area contributed by atoms with Gasteiger partial charge in [0.15, 0.2) is 23.0 Å². The van der Waals surface area contributed by atoms with Gasteiger partial charge in [-0.3, -0.25) is 4.68 Å². The molecule has 10 heteroatoms. The number of nitrogens with zero attached hydrogens (tertiary/aromatic N) is 7. The number of benzene rings is 1. The maximum Gasteiger partial charge on any atom is 0.223 e. The van der Waals surface area contributed by atoms with Crippen molar-refractivity contribution in [2.24, 2.45) is 5.92 Å². The highest BCUT2D eigenvalue weighted by Gasteiger charge is 2.30. The Kier molecular flexibility index (Phi) is 4.91. The molecule has 1 fully saturated rings. The Balaban J connectivity index is 1.52. The first-order chi connectivity index (χ1) is 15.6. The fourth-order valence-corrected chi connectivity index (χ4v) is 4.57. The van der Waals surface area contributed by atoms with E-state index in [9.17, 15) is 4.39 Å². The standard InChI is InChI=1S/C23H29FN8O/c1-13-6-14(11-30(10-13)15-9-26-31(12-15)23(2,3)4)20-28-21-16-7-17(24)19(33-5)8-18(16)27-22(25)32(21)29-20/h7-9,12-14H,6,10-11H2,1-5H3,(H2,25,27)/t13-,14-/m0/s1. The number of nitrogen functional groups attached to an aromatic ring is 1. The molecule has 0 saturated carbocycles. The molecule has 0 spiro atoms. The average molecular weight is 453 g/mol. The van der Waals surface area contributed by atoms with Crippen LogP contribution in [0.4, 0.5) is 16.0 Å². The summed E-state index contributed by atoms with van der Waals surface area (Å²) in [7, 11) is 1.42. The number of aromatic nitrogens is 6. The van der Waals surface area contributed by atoms with Crippen LogP contribution in [-0.4, -0.2) is 49.6 Å². The zero-order valence-electron chi connectivity index (χ0n) is 19.6. The minimum absolute atomic E-state index is 0.0776. The van der Waals surface area contributed by atoms with E-state index >= 15 is 0 Å². The van der Waals surface area contributed by atoms with Crippen molar-refractivity contribution in [3.8, 4) is 5.75 Å². The molecule has 4 aromatic rings. The molecule has 2 atom stereocenters. The number of rotatable bonds is 3. The second kappa shape index (κ2) is 7.57. The van der Waals surface area contributed by atoms with Gasteiger partial charge in [-0.05, 0) is 39.2 Å². The number of hydrogen-bond donors (Lipinski definition) is 1. The topological polar surface area (TPSA) is 99.4 Å². The zero-order valence-corrected chi connectivity index (χ0v) is 19.6. The summed E-state index contributed by atoms with van der Waals surface area (Å²) in [5.74, 6) is 1.08. The van der Waals surface area contributed by atoms with Crippen molar-refractivity contribution in [2.45, 2.75) is 45.6 Å². The molecule has 174 valence electrons. The number of methoxy groups -OCH3 is 1. The third-order valence-corrected chi connectivity index (χ3v) is 6.23. The van der Waals surface area contributed by atoms with Gasteiger partial charge in [0.2, 0.25) is 5.95 Å². The van der Waals surface area contributed by atoms with E-state index in [1.165, 1.54) is 23.8 Å². The van der Waals surface area contributed by atoms with Gasteiger partial charge in [-0.15, -0.1) is 5.10 Å². The SMILES string of the molecule is COc1cc2nc(N)n3nc([C@H]4C[C@H](C)CN(c5cnn(C(C)(C)C)c5)C4)nc3c2cc1F. The summed E-state index contributed by atoms with van der Waals surface area (Å²) in [5, 5.41) is 9.79. The van der Waals surface area contributed by atoms with E-state index in [1.807, 2.05) is 10.9 Å². The third-order valence-electron chi connectivity index (χ3n) is 6.23. The maximum atomic E-state index is 14.4. The van der Waals surface area contributed by atoms with Crippen LogP contribution in [0.2, 0.25) is 0 Å². The van der Waals surface area contributed by atoms with Gasteiger partial charge in [0.1, 0.15) is 0 Å². The van der Waals surface area contributed by atoms with Crippen LogP contribution >= 0.6 is 0 Å². The van der Waals surface area contributed by atoms with Crippen LogP contribution in [0.3, 0.4) is 0 Å². The normalized spacial score (nSPS) is 19.5. The van der Waals surface area contributed by atoms with Crippen LogP contribution < -0.4 is 15.4 Å². The summed E-state index contributed by atoms with van der Waals surface area (Å²) in [6.07, 6.45) is 4.97.